The molecule has 0 bridgehead atoms. The molecule has 0 unspecified atom stereocenters. The van der Waals surface area contributed by atoms with Gasteiger partial charge in [0, 0.05) is 43.5 Å². The molecule has 134 valence electrons. The number of pyridine rings is 1. The first-order valence-corrected chi connectivity index (χ1v) is 9.93. The van der Waals surface area contributed by atoms with Gasteiger partial charge in [0.2, 0.25) is 0 Å². The van der Waals surface area contributed by atoms with E-state index in [2.05, 4.69) is 59.0 Å². The SMILES string of the molecule is C=Cc1ccc2cnc(-c3nccc4sc5ccccc5c34)nc2c1/C=C\C. The number of hydrogen-bond donors (Lipinski definition) is 0. The van der Waals surface area contributed by atoms with Crippen molar-refractivity contribution >= 4 is 54.6 Å². The third-order valence-corrected chi connectivity index (χ3v) is 6.02. The number of hydrogen-bond acceptors (Lipinski definition) is 4. The average Bonchev–Trinajstić information content (AvgIpc) is 3.12. The molecule has 0 spiro atoms. The zero-order chi connectivity index (χ0) is 19.1. The van der Waals surface area contributed by atoms with Gasteiger partial charge in [0.15, 0.2) is 5.82 Å². The van der Waals surface area contributed by atoms with E-state index in [4.69, 9.17) is 4.98 Å². The summed E-state index contributed by atoms with van der Waals surface area (Å²) in [5.74, 6) is 0.647. The van der Waals surface area contributed by atoms with Crippen LogP contribution in [0.2, 0.25) is 0 Å². The van der Waals surface area contributed by atoms with Crippen LogP contribution in [0.4, 0.5) is 0 Å². The van der Waals surface area contributed by atoms with Gasteiger partial charge >= 0.3 is 0 Å². The summed E-state index contributed by atoms with van der Waals surface area (Å²) in [6.07, 6.45) is 9.68. The molecule has 0 aliphatic heterocycles. The number of rotatable bonds is 3. The Morgan fingerprint density at radius 2 is 1.89 bits per heavy atom. The van der Waals surface area contributed by atoms with Gasteiger partial charge in [-0.25, -0.2) is 9.97 Å². The molecule has 0 radical (unpaired) electrons. The summed E-state index contributed by atoms with van der Waals surface area (Å²) in [5.41, 5.74) is 3.86. The van der Waals surface area contributed by atoms with Gasteiger partial charge in [0.05, 0.1) is 5.52 Å². The largest absolute Gasteiger partial charge is 0.252 e. The van der Waals surface area contributed by atoms with Crippen molar-refractivity contribution in [3.05, 3.63) is 78.6 Å². The van der Waals surface area contributed by atoms with E-state index in [0.717, 1.165) is 33.1 Å². The van der Waals surface area contributed by atoms with Crippen LogP contribution in [0.15, 0.2) is 67.5 Å². The van der Waals surface area contributed by atoms with Gasteiger partial charge < -0.3 is 0 Å². The van der Waals surface area contributed by atoms with Crippen LogP contribution in [0.1, 0.15) is 18.1 Å². The van der Waals surface area contributed by atoms with Crippen LogP contribution >= 0.6 is 11.3 Å². The molecule has 4 heteroatoms. The first kappa shape index (κ1) is 16.8. The molecule has 0 N–H and O–H groups in total. The average molecular weight is 379 g/mol. The highest BCUT2D eigenvalue weighted by atomic mass is 32.1. The molecule has 5 rings (SSSR count). The molecule has 0 aliphatic rings. The van der Waals surface area contributed by atoms with Crippen molar-refractivity contribution in [3.8, 4) is 11.5 Å². The van der Waals surface area contributed by atoms with Gasteiger partial charge in [0.1, 0.15) is 5.69 Å². The Kier molecular flexibility index (Phi) is 3.99. The van der Waals surface area contributed by atoms with Crippen molar-refractivity contribution in [2.75, 3.05) is 0 Å². The van der Waals surface area contributed by atoms with Crippen LogP contribution in [0.3, 0.4) is 0 Å². The molecule has 3 aromatic heterocycles. The quantitative estimate of drug-likeness (QED) is 0.348. The Morgan fingerprint density at radius 1 is 1.00 bits per heavy atom. The molecular weight excluding hydrogens is 362 g/mol. The molecule has 0 amide bonds. The summed E-state index contributed by atoms with van der Waals surface area (Å²) in [6.45, 7) is 5.95. The van der Waals surface area contributed by atoms with Crippen molar-refractivity contribution in [2.45, 2.75) is 6.92 Å². The van der Waals surface area contributed by atoms with E-state index < -0.39 is 0 Å². The second kappa shape index (κ2) is 6.66. The lowest BCUT2D eigenvalue weighted by atomic mass is 10.0. The van der Waals surface area contributed by atoms with E-state index in [0.29, 0.717) is 5.82 Å². The number of allylic oxidation sites excluding steroid dienone is 1. The minimum absolute atomic E-state index is 0.647. The Bertz CT molecular complexity index is 1400. The predicted molar refractivity (Wildman–Crippen MR) is 120 cm³/mol. The Balaban J connectivity index is 1.85. The number of fused-ring (bicyclic) bond motifs is 4. The van der Waals surface area contributed by atoms with E-state index in [-0.39, 0.29) is 0 Å². The van der Waals surface area contributed by atoms with Crippen molar-refractivity contribution in [1.29, 1.82) is 0 Å². The topological polar surface area (TPSA) is 38.7 Å². The van der Waals surface area contributed by atoms with Crippen molar-refractivity contribution in [1.82, 2.24) is 15.0 Å². The van der Waals surface area contributed by atoms with Gasteiger partial charge in [-0.2, -0.15) is 0 Å². The minimum atomic E-state index is 0.647. The summed E-state index contributed by atoms with van der Waals surface area (Å²) < 4.78 is 2.44. The highest BCUT2D eigenvalue weighted by Crippen LogP contribution is 2.38. The van der Waals surface area contributed by atoms with Crippen LogP contribution in [-0.4, -0.2) is 15.0 Å². The molecule has 0 saturated heterocycles. The van der Waals surface area contributed by atoms with E-state index in [1.165, 1.54) is 14.8 Å². The highest BCUT2D eigenvalue weighted by molar-refractivity contribution is 7.25. The van der Waals surface area contributed by atoms with Gasteiger partial charge in [-0.15, -0.1) is 11.3 Å². The molecule has 3 nitrogen and oxygen atoms in total. The Labute approximate surface area is 166 Å². The molecule has 0 atom stereocenters. The van der Waals surface area contributed by atoms with Gasteiger partial charge in [0.25, 0.3) is 0 Å². The third kappa shape index (κ3) is 2.53. The summed E-state index contributed by atoms with van der Waals surface area (Å²) >= 11 is 1.77. The number of nitrogens with zero attached hydrogens (tertiary/aromatic N) is 3. The number of thiophene rings is 1. The molecule has 0 fully saturated rings. The fourth-order valence-electron chi connectivity index (χ4n) is 3.61. The second-order valence-electron chi connectivity index (χ2n) is 6.53. The monoisotopic (exact) mass is 379 g/mol. The predicted octanol–water partition coefficient (Wildman–Crippen LogP) is 6.74. The van der Waals surface area contributed by atoms with Crippen LogP contribution in [0.5, 0.6) is 0 Å². The Morgan fingerprint density at radius 3 is 2.75 bits per heavy atom. The lowest BCUT2D eigenvalue weighted by Crippen LogP contribution is -1.95. The summed E-state index contributed by atoms with van der Waals surface area (Å²) in [4.78, 5) is 14.3. The normalized spacial score (nSPS) is 11.8. The Hall–Kier alpha value is -3.37. The molecule has 3 heterocycles. The lowest BCUT2D eigenvalue weighted by Gasteiger charge is -2.08. The minimum Gasteiger partial charge on any atom is -0.252 e. The van der Waals surface area contributed by atoms with Gasteiger partial charge in [-0.05, 0) is 24.6 Å². The maximum absolute atomic E-state index is 4.94. The van der Waals surface area contributed by atoms with Crippen LogP contribution in [0.25, 0.3) is 54.7 Å². The smallest absolute Gasteiger partial charge is 0.179 e. The highest BCUT2D eigenvalue weighted by Gasteiger charge is 2.15. The zero-order valence-electron chi connectivity index (χ0n) is 15.4. The van der Waals surface area contributed by atoms with E-state index in [9.17, 15) is 0 Å². The van der Waals surface area contributed by atoms with Crippen LogP contribution in [-0.2, 0) is 0 Å². The van der Waals surface area contributed by atoms with Crippen molar-refractivity contribution in [3.63, 3.8) is 0 Å². The van der Waals surface area contributed by atoms with E-state index >= 15 is 0 Å². The van der Waals surface area contributed by atoms with Gasteiger partial charge in [-0.1, -0.05) is 55.1 Å². The first-order chi connectivity index (χ1) is 13.8. The van der Waals surface area contributed by atoms with E-state index in [1.807, 2.05) is 37.5 Å². The zero-order valence-corrected chi connectivity index (χ0v) is 16.2. The summed E-state index contributed by atoms with van der Waals surface area (Å²) in [5, 5.41) is 3.32. The molecule has 0 aliphatic carbocycles. The van der Waals surface area contributed by atoms with Gasteiger partial charge in [-0.3, -0.25) is 4.98 Å². The van der Waals surface area contributed by atoms with Crippen molar-refractivity contribution < 1.29 is 0 Å². The molecule has 5 aromatic rings. The fourth-order valence-corrected chi connectivity index (χ4v) is 4.71. The lowest BCUT2D eigenvalue weighted by molar-refractivity contribution is 1.19. The second-order valence-corrected chi connectivity index (χ2v) is 7.62. The third-order valence-electron chi connectivity index (χ3n) is 4.88. The summed E-state index contributed by atoms with van der Waals surface area (Å²) in [7, 11) is 0. The molecule has 28 heavy (non-hydrogen) atoms. The maximum Gasteiger partial charge on any atom is 0.179 e. The fraction of sp³-hybridized carbons (Fsp3) is 0.0417. The number of benzene rings is 2. The van der Waals surface area contributed by atoms with Crippen LogP contribution in [0, 0.1) is 0 Å². The molecule has 0 saturated carbocycles. The standard InChI is InChI=1S/C24H17N3S/c1-3-7-17-15(4-2)10-11-16-14-26-24(27-22(16)17)23-21-18-8-5-6-9-19(18)28-20(21)12-13-25-23/h3-14H,2H2,1H3/b7-3-. The number of aromatic nitrogens is 3. The van der Waals surface area contributed by atoms with Crippen LogP contribution < -0.4 is 0 Å². The van der Waals surface area contributed by atoms with Crippen molar-refractivity contribution in [2.24, 2.45) is 0 Å². The maximum atomic E-state index is 4.94. The summed E-state index contributed by atoms with van der Waals surface area (Å²) in [6, 6.07) is 14.6. The molecule has 2 aromatic carbocycles. The van der Waals surface area contributed by atoms with E-state index in [1.54, 1.807) is 11.3 Å². The molecular formula is C24H17N3S. The first-order valence-electron chi connectivity index (χ1n) is 9.11.